The van der Waals surface area contributed by atoms with Gasteiger partial charge < -0.3 is 14.2 Å². The molecule has 0 aromatic carbocycles. The maximum atomic E-state index is 12.9. The van der Waals surface area contributed by atoms with E-state index >= 15 is 0 Å². The second-order valence-corrected chi connectivity index (χ2v) is 21.1. The van der Waals surface area contributed by atoms with Crippen LogP contribution in [0.2, 0.25) is 0 Å². The molecule has 0 saturated carbocycles. The van der Waals surface area contributed by atoms with E-state index in [-0.39, 0.29) is 31.1 Å². The molecule has 0 aliphatic carbocycles. The number of carbonyl (C=O) groups excluding carboxylic acids is 3. The first kappa shape index (κ1) is 64.4. The third-order valence-corrected chi connectivity index (χ3v) is 13.8. The second-order valence-electron chi connectivity index (χ2n) is 21.1. The zero-order valence-electron chi connectivity index (χ0n) is 45.2. The van der Waals surface area contributed by atoms with E-state index in [0.717, 1.165) is 63.7 Å². The largest absolute Gasteiger partial charge is 0.462 e. The van der Waals surface area contributed by atoms with Crippen LogP contribution in [0.4, 0.5) is 0 Å². The Bertz CT molecular complexity index is 996. The van der Waals surface area contributed by atoms with Crippen molar-refractivity contribution in [1.29, 1.82) is 0 Å². The highest BCUT2D eigenvalue weighted by Gasteiger charge is 2.19. The van der Waals surface area contributed by atoms with Crippen molar-refractivity contribution in [3.63, 3.8) is 0 Å². The van der Waals surface area contributed by atoms with Gasteiger partial charge in [-0.3, -0.25) is 14.4 Å². The Balaban J connectivity index is 4.28. The van der Waals surface area contributed by atoms with Gasteiger partial charge in [0, 0.05) is 19.3 Å². The lowest BCUT2D eigenvalue weighted by atomic mass is 10.0. The van der Waals surface area contributed by atoms with Gasteiger partial charge in [-0.05, 0) is 25.2 Å². The quantitative estimate of drug-likeness (QED) is 0.0343. The summed E-state index contributed by atoms with van der Waals surface area (Å²) in [6, 6.07) is 0. The zero-order chi connectivity index (χ0) is 48.1. The van der Waals surface area contributed by atoms with E-state index in [4.69, 9.17) is 14.2 Å². The Hall–Kier alpha value is -1.59. The minimum absolute atomic E-state index is 0.0615. The minimum Gasteiger partial charge on any atom is -0.462 e. The standard InChI is InChI=1S/C60H116O6/c1-5-7-9-11-13-15-17-19-21-24-29-33-37-41-45-49-53-60(63)66-57(54-64-58(61)51-47-43-39-35-31-27-20-18-16-14-12-10-8-6-2)55-65-59(62)52-48-44-40-36-32-28-25-22-23-26-30-34-38-42-46-50-56(3)4/h56-57H,5-55H2,1-4H3/t57-/m0/s1. The Morgan fingerprint density at radius 2 is 0.500 bits per heavy atom. The molecule has 6 heteroatoms. The van der Waals surface area contributed by atoms with Gasteiger partial charge in [0.15, 0.2) is 6.10 Å². The van der Waals surface area contributed by atoms with Crippen LogP contribution in [0.1, 0.15) is 342 Å². The highest BCUT2D eigenvalue weighted by molar-refractivity contribution is 5.71. The molecule has 0 fully saturated rings. The summed E-state index contributed by atoms with van der Waals surface area (Å²) >= 11 is 0. The van der Waals surface area contributed by atoms with E-state index < -0.39 is 6.10 Å². The third-order valence-electron chi connectivity index (χ3n) is 13.8. The number of esters is 3. The fraction of sp³-hybridized carbons (Fsp3) is 0.950. The van der Waals surface area contributed by atoms with Crippen LogP contribution in [-0.2, 0) is 28.6 Å². The molecule has 0 aliphatic rings. The molecule has 0 spiro atoms. The van der Waals surface area contributed by atoms with Crippen LogP contribution in [0, 0.1) is 5.92 Å². The van der Waals surface area contributed by atoms with Gasteiger partial charge in [-0.15, -0.1) is 0 Å². The Morgan fingerprint density at radius 1 is 0.288 bits per heavy atom. The number of carbonyl (C=O) groups is 3. The summed E-state index contributed by atoms with van der Waals surface area (Å²) in [5.41, 5.74) is 0. The fourth-order valence-electron chi connectivity index (χ4n) is 9.28. The van der Waals surface area contributed by atoms with Crippen molar-refractivity contribution in [3.05, 3.63) is 0 Å². The molecular formula is C60H116O6. The van der Waals surface area contributed by atoms with Crippen LogP contribution in [0.3, 0.4) is 0 Å². The molecule has 0 aliphatic heterocycles. The van der Waals surface area contributed by atoms with E-state index in [1.54, 1.807) is 0 Å². The lowest BCUT2D eigenvalue weighted by molar-refractivity contribution is -0.167. The van der Waals surface area contributed by atoms with Gasteiger partial charge in [0.25, 0.3) is 0 Å². The molecule has 0 aromatic rings. The maximum Gasteiger partial charge on any atom is 0.306 e. The Labute approximate surface area is 412 Å². The van der Waals surface area contributed by atoms with E-state index in [1.165, 1.54) is 238 Å². The van der Waals surface area contributed by atoms with E-state index in [0.29, 0.717) is 19.3 Å². The lowest BCUT2D eigenvalue weighted by Crippen LogP contribution is -2.30. The molecule has 0 unspecified atom stereocenters. The highest BCUT2D eigenvalue weighted by Crippen LogP contribution is 2.18. The van der Waals surface area contributed by atoms with Crippen LogP contribution in [0.5, 0.6) is 0 Å². The van der Waals surface area contributed by atoms with Gasteiger partial charge in [-0.1, -0.05) is 304 Å². The van der Waals surface area contributed by atoms with Gasteiger partial charge in [-0.2, -0.15) is 0 Å². The average molecular weight is 934 g/mol. The first-order chi connectivity index (χ1) is 32.4. The first-order valence-electron chi connectivity index (χ1n) is 29.9. The molecular weight excluding hydrogens is 817 g/mol. The summed E-state index contributed by atoms with van der Waals surface area (Å²) in [6.07, 6.45) is 59.5. The van der Waals surface area contributed by atoms with Crippen molar-refractivity contribution < 1.29 is 28.6 Å². The second kappa shape index (κ2) is 54.4. The summed E-state index contributed by atoms with van der Waals surface area (Å²) in [6.45, 7) is 9.08. The van der Waals surface area contributed by atoms with Crippen molar-refractivity contribution in [2.45, 2.75) is 348 Å². The molecule has 0 heterocycles. The summed E-state index contributed by atoms with van der Waals surface area (Å²) in [4.78, 5) is 38.2. The third kappa shape index (κ3) is 53.4. The number of hydrogen-bond donors (Lipinski definition) is 0. The molecule has 0 amide bonds. The molecule has 1 atom stereocenters. The normalized spacial score (nSPS) is 12.0. The molecule has 0 radical (unpaired) electrons. The zero-order valence-corrected chi connectivity index (χ0v) is 45.2. The van der Waals surface area contributed by atoms with Crippen molar-refractivity contribution in [1.82, 2.24) is 0 Å². The van der Waals surface area contributed by atoms with Crippen LogP contribution >= 0.6 is 0 Å². The molecule has 66 heavy (non-hydrogen) atoms. The summed E-state index contributed by atoms with van der Waals surface area (Å²) in [5.74, 6) is 0.0172. The summed E-state index contributed by atoms with van der Waals surface area (Å²) in [5, 5.41) is 0. The highest BCUT2D eigenvalue weighted by atomic mass is 16.6. The molecule has 0 saturated heterocycles. The SMILES string of the molecule is CCCCCCCCCCCCCCCCCCC(=O)O[C@@H](COC(=O)CCCCCCCCCCCCCCCC)COC(=O)CCCCCCCCCCCCCCCCCC(C)C. The maximum absolute atomic E-state index is 12.9. The van der Waals surface area contributed by atoms with Gasteiger partial charge in [0.2, 0.25) is 0 Å². The van der Waals surface area contributed by atoms with Gasteiger partial charge in [0.1, 0.15) is 13.2 Å². The molecule has 6 nitrogen and oxygen atoms in total. The van der Waals surface area contributed by atoms with Crippen LogP contribution in [-0.4, -0.2) is 37.2 Å². The molecule has 0 bridgehead atoms. The van der Waals surface area contributed by atoms with Crippen molar-refractivity contribution in [3.8, 4) is 0 Å². The summed E-state index contributed by atoms with van der Waals surface area (Å²) < 4.78 is 16.9. The van der Waals surface area contributed by atoms with E-state index in [9.17, 15) is 14.4 Å². The van der Waals surface area contributed by atoms with Crippen LogP contribution in [0.25, 0.3) is 0 Å². The van der Waals surface area contributed by atoms with Crippen LogP contribution in [0.15, 0.2) is 0 Å². The van der Waals surface area contributed by atoms with Crippen molar-refractivity contribution in [2.24, 2.45) is 5.92 Å². The minimum atomic E-state index is -0.762. The predicted octanol–water partition coefficient (Wildman–Crippen LogP) is 19.8. The number of rotatable bonds is 55. The summed E-state index contributed by atoms with van der Waals surface area (Å²) in [7, 11) is 0. The smallest absolute Gasteiger partial charge is 0.306 e. The fourth-order valence-corrected chi connectivity index (χ4v) is 9.28. The molecule has 0 aromatic heterocycles. The van der Waals surface area contributed by atoms with Gasteiger partial charge >= 0.3 is 17.9 Å². The molecule has 0 rings (SSSR count). The monoisotopic (exact) mass is 933 g/mol. The predicted molar refractivity (Wildman–Crippen MR) is 284 cm³/mol. The topological polar surface area (TPSA) is 78.9 Å². The van der Waals surface area contributed by atoms with E-state index in [1.807, 2.05) is 0 Å². The van der Waals surface area contributed by atoms with Crippen molar-refractivity contribution >= 4 is 17.9 Å². The number of unbranched alkanes of at least 4 members (excludes halogenated alkanes) is 42. The Kier molecular flexibility index (Phi) is 53.0. The molecule has 392 valence electrons. The lowest BCUT2D eigenvalue weighted by Gasteiger charge is -2.18. The van der Waals surface area contributed by atoms with Gasteiger partial charge in [-0.25, -0.2) is 0 Å². The van der Waals surface area contributed by atoms with Gasteiger partial charge in [0.05, 0.1) is 0 Å². The van der Waals surface area contributed by atoms with E-state index in [2.05, 4.69) is 27.7 Å². The Morgan fingerprint density at radius 3 is 0.742 bits per heavy atom. The van der Waals surface area contributed by atoms with Crippen LogP contribution < -0.4 is 0 Å². The number of hydrogen-bond acceptors (Lipinski definition) is 6. The molecule has 0 N–H and O–H groups in total. The average Bonchev–Trinajstić information content (AvgIpc) is 3.30. The number of ether oxygens (including phenoxy) is 3. The first-order valence-corrected chi connectivity index (χ1v) is 29.9. The van der Waals surface area contributed by atoms with Crippen molar-refractivity contribution in [2.75, 3.05) is 13.2 Å².